The van der Waals surface area contributed by atoms with Crippen LogP contribution in [-0.2, 0) is 16.6 Å². The van der Waals surface area contributed by atoms with Crippen molar-refractivity contribution in [3.05, 3.63) is 59.7 Å². The van der Waals surface area contributed by atoms with Gasteiger partial charge >= 0.3 is 0 Å². The topological polar surface area (TPSA) is 32.3 Å². The van der Waals surface area contributed by atoms with Gasteiger partial charge in [0, 0.05) is 30.4 Å². The van der Waals surface area contributed by atoms with Crippen LogP contribution in [0.25, 0.3) is 0 Å². The molecule has 0 bridgehead atoms. The van der Waals surface area contributed by atoms with Gasteiger partial charge in [-0.05, 0) is 42.0 Å². The Morgan fingerprint density at radius 2 is 1.80 bits per heavy atom. The number of anilines is 2. The fourth-order valence-corrected chi connectivity index (χ4v) is 3.66. The molecule has 0 saturated heterocycles. The first kappa shape index (κ1) is 17.5. The molecule has 3 heteroatoms. The van der Waals surface area contributed by atoms with E-state index in [2.05, 4.69) is 63.3 Å². The predicted molar refractivity (Wildman–Crippen MR) is 105 cm³/mol. The third-order valence-corrected chi connectivity index (χ3v) is 4.87. The van der Waals surface area contributed by atoms with Gasteiger partial charge in [0.1, 0.15) is 0 Å². The first-order valence-corrected chi connectivity index (χ1v) is 9.11. The zero-order valence-corrected chi connectivity index (χ0v) is 15.7. The summed E-state index contributed by atoms with van der Waals surface area (Å²) in [5.74, 6) is 0.193. The second-order valence-electron chi connectivity index (χ2n) is 7.92. The minimum absolute atomic E-state index is 0.0794. The standard InChI is InChI=1S/C22H28N2O/c1-16-15-17-9-5-8-12-20(17)24(16)21(25)13-14-23-19-11-7-6-10-18(19)22(2,3)4/h5-12,16,23H,13-15H2,1-4H3. The Labute approximate surface area is 151 Å². The lowest BCUT2D eigenvalue weighted by Gasteiger charge is -2.25. The Hall–Kier alpha value is -2.29. The molecule has 0 fully saturated rings. The molecular formula is C22H28N2O. The summed E-state index contributed by atoms with van der Waals surface area (Å²) in [7, 11) is 0. The van der Waals surface area contributed by atoms with E-state index < -0.39 is 0 Å². The summed E-state index contributed by atoms with van der Waals surface area (Å²) in [4.78, 5) is 14.7. The summed E-state index contributed by atoms with van der Waals surface area (Å²) in [5, 5.41) is 3.47. The second-order valence-corrected chi connectivity index (χ2v) is 7.92. The molecule has 1 N–H and O–H groups in total. The number of fused-ring (bicyclic) bond motifs is 1. The van der Waals surface area contributed by atoms with E-state index in [-0.39, 0.29) is 17.4 Å². The number of amides is 1. The van der Waals surface area contributed by atoms with Gasteiger partial charge in [0.2, 0.25) is 5.91 Å². The van der Waals surface area contributed by atoms with Gasteiger partial charge in [0.05, 0.1) is 0 Å². The molecule has 3 rings (SSSR count). The number of nitrogens with zero attached hydrogens (tertiary/aromatic N) is 1. The number of carbonyl (C=O) groups is 1. The van der Waals surface area contributed by atoms with E-state index in [4.69, 9.17) is 0 Å². The van der Waals surface area contributed by atoms with Crippen LogP contribution in [0.2, 0.25) is 0 Å². The van der Waals surface area contributed by atoms with E-state index in [9.17, 15) is 4.79 Å². The number of hydrogen-bond acceptors (Lipinski definition) is 2. The molecule has 0 spiro atoms. The smallest absolute Gasteiger partial charge is 0.229 e. The molecule has 1 amide bonds. The molecule has 25 heavy (non-hydrogen) atoms. The molecule has 0 radical (unpaired) electrons. The highest BCUT2D eigenvalue weighted by molar-refractivity contribution is 5.96. The van der Waals surface area contributed by atoms with Crippen LogP contribution in [0.5, 0.6) is 0 Å². The summed E-state index contributed by atoms with van der Waals surface area (Å²) < 4.78 is 0. The van der Waals surface area contributed by atoms with Crippen molar-refractivity contribution in [2.24, 2.45) is 0 Å². The number of rotatable bonds is 4. The van der Waals surface area contributed by atoms with Gasteiger partial charge in [-0.3, -0.25) is 4.79 Å². The van der Waals surface area contributed by atoms with Crippen LogP contribution in [0, 0.1) is 0 Å². The van der Waals surface area contributed by atoms with Crippen LogP contribution in [0.4, 0.5) is 11.4 Å². The van der Waals surface area contributed by atoms with Gasteiger partial charge in [-0.15, -0.1) is 0 Å². The van der Waals surface area contributed by atoms with E-state index in [1.807, 2.05) is 23.1 Å². The van der Waals surface area contributed by atoms with Gasteiger partial charge in [0.25, 0.3) is 0 Å². The summed E-state index contributed by atoms with van der Waals surface area (Å²) in [6, 6.07) is 16.8. The Morgan fingerprint density at radius 1 is 1.12 bits per heavy atom. The molecule has 2 aromatic rings. The van der Waals surface area contributed by atoms with Crippen molar-refractivity contribution in [2.75, 3.05) is 16.8 Å². The molecule has 1 aliphatic rings. The predicted octanol–water partition coefficient (Wildman–Crippen LogP) is 4.76. The third-order valence-electron chi connectivity index (χ3n) is 4.87. The molecule has 132 valence electrons. The quantitative estimate of drug-likeness (QED) is 0.873. The highest BCUT2D eigenvalue weighted by Gasteiger charge is 2.30. The Morgan fingerprint density at radius 3 is 2.56 bits per heavy atom. The van der Waals surface area contributed by atoms with Crippen LogP contribution in [0.3, 0.4) is 0 Å². The second kappa shape index (κ2) is 6.91. The fourth-order valence-electron chi connectivity index (χ4n) is 3.66. The zero-order valence-electron chi connectivity index (χ0n) is 15.7. The Bertz CT molecular complexity index is 761. The molecule has 1 atom stereocenters. The number of nitrogens with one attached hydrogen (secondary N) is 1. The highest BCUT2D eigenvalue weighted by atomic mass is 16.2. The van der Waals surface area contributed by atoms with E-state index in [0.29, 0.717) is 13.0 Å². The molecule has 0 aromatic heterocycles. The van der Waals surface area contributed by atoms with Gasteiger partial charge in [-0.25, -0.2) is 0 Å². The van der Waals surface area contributed by atoms with Crippen molar-refractivity contribution in [1.82, 2.24) is 0 Å². The monoisotopic (exact) mass is 336 g/mol. The summed E-state index contributed by atoms with van der Waals surface area (Å²) in [6.45, 7) is 9.40. The van der Waals surface area contributed by atoms with Crippen LogP contribution in [0.1, 0.15) is 45.2 Å². The van der Waals surface area contributed by atoms with Crippen molar-refractivity contribution in [2.45, 2.75) is 52.0 Å². The van der Waals surface area contributed by atoms with E-state index in [0.717, 1.165) is 17.8 Å². The van der Waals surface area contributed by atoms with E-state index in [1.165, 1.54) is 11.1 Å². The lowest BCUT2D eigenvalue weighted by molar-refractivity contribution is -0.118. The number of benzene rings is 2. The summed E-state index contributed by atoms with van der Waals surface area (Å²) in [5.41, 5.74) is 4.83. The van der Waals surface area contributed by atoms with Crippen LogP contribution < -0.4 is 10.2 Å². The van der Waals surface area contributed by atoms with Crippen LogP contribution >= 0.6 is 0 Å². The maximum atomic E-state index is 12.8. The van der Waals surface area contributed by atoms with Crippen molar-refractivity contribution < 1.29 is 4.79 Å². The Balaban J connectivity index is 1.65. The molecule has 3 nitrogen and oxygen atoms in total. The SMILES string of the molecule is CC1Cc2ccccc2N1C(=O)CCNc1ccccc1C(C)(C)C. The van der Waals surface area contributed by atoms with Crippen molar-refractivity contribution in [3.63, 3.8) is 0 Å². The average molecular weight is 336 g/mol. The number of carbonyl (C=O) groups excluding carboxylic acids is 1. The Kier molecular flexibility index (Phi) is 4.85. The maximum absolute atomic E-state index is 12.8. The number of para-hydroxylation sites is 2. The normalized spacial score (nSPS) is 16.6. The van der Waals surface area contributed by atoms with Gasteiger partial charge in [0.15, 0.2) is 0 Å². The van der Waals surface area contributed by atoms with Crippen molar-refractivity contribution in [3.8, 4) is 0 Å². The minimum Gasteiger partial charge on any atom is -0.384 e. The highest BCUT2D eigenvalue weighted by Crippen LogP contribution is 2.32. The molecule has 2 aromatic carbocycles. The van der Waals surface area contributed by atoms with E-state index in [1.54, 1.807) is 0 Å². The molecule has 0 saturated carbocycles. The van der Waals surface area contributed by atoms with Crippen LogP contribution in [0.15, 0.2) is 48.5 Å². The lowest BCUT2D eigenvalue weighted by Crippen LogP contribution is -2.36. The number of hydrogen-bond donors (Lipinski definition) is 1. The molecular weight excluding hydrogens is 308 g/mol. The third kappa shape index (κ3) is 3.71. The maximum Gasteiger partial charge on any atom is 0.229 e. The van der Waals surface area contributed by atoms with Gasteiger partial charge in [-0.1, -0.05) is 57.2 Å². The average Bonchev–Trinajstić information content (AvgIpc) is 2.90. The van der Waals surface area contributed by atoms with Crippen LogP contribution in [-0.4, -0.2) is 18.5 Å². The zero-order chi connectivity index (χ0) is 18.0. The van der Waals surface area contributed by atoms with Gasteiger partial charge < -0.3 is 10.2 Å². The first-order valence-electron chi connectivity index (χ1n) is 9.11. The fraction of sp³-hybridized carbons (Fsp3) is 0.409. The molecule has 0 aliphatic carbocycles. The largest absolute Gasteiger partial charge is 0.384 e. The molecule has 1 aliphatic heterocycles. The van der Waals surface area contributed by atoms with Crippen molar-refractivity contribution in [1.29, 1.82) is 0 Å². The van der Waals surface area contributed by atoms with Gasteiger partial charge in [-0.2, -0.15) is 0 Å². The first-order chi connectivity index (χ1) is 11.9. The van der Waals surface area contributed by atoms with E-state index >= 15 is 0 Å². The minimum atomic E-state index is 0.0794. The summed E-state index contributed by atoms with van der Waals surface area (Å²) >= 11 is 0. The molecule has 1 unspecified atom stereocenters. The van der Waals surface area contributed by atoms with Crippen molar-refractivity contribution >= 4 is 17.3 Å². The summed E-state index contributed by atoms with van der Waals surface area (Å²) in [6.07, 6.45) is 1.44. The molecule has 1 heterocycles. The lowest BCUT2D eigenvalue weighted by atomic mass is 9.86.